The Morgan fingerprint density at radius 3 is 1.09 bits per heavy atom. The second-order valence-electron chi connectivity index (χ2n) is 20.3. The zero-order valence-electron chi connectivity index (χ0n) is 44.8. The van der Waals surface area contributed by atoms with Gasteiger partial charge in [0.1, 0.15) is 96.9 Å². The van der Waals surface area contributed by atoms with E-state index in [1.165, 1.54) is 21.8 Å². The van der Waals surface area contributed by atoms with E-state index in [0.717, 1.165) is 34.4 Å². The van der Waals surface area contributed by atoms with Crippen LogP contribution in [-0.2, 0) is 73.4 Å². The maximum absolute atomic E-state index is 13.2. The lowest BCUT2D eigenvalue weighted by Gasteiger charge is -2.25. The van der Waals surface area contributed by atoms with Gasteiger partial charge in [0.05, 0.1) is 51.7 Å². The van der Waals surface area contributed by atoms with E-state index in [9.17, 15) is 67.8 Å². The summed E-state index contributed by atoms with van der Waals surface area (Å²) in [5, 5.41) is 44.3. The van der Waals surface area contributed by atoms with Crippen molar-refractivity contribution in [2.24, 2.45) is 0 Å². The molecular formula is C40H48N20O26P4. The maximum atomic E-state index is 13.2. The van der Waals surface area contributed by atoms with E-state index in [4.69, 9.17) is 78.1 Å². The van der Waals surface area contributed by atoms with Gasteiger partial charge in [-0.25, -0.2) is 58.1 Å². The summed E-state index contributed by atoms with van der Waals surface area (Å²) in [4.78, 5) is 112. The van der Waals surface area contributed by atoms with Crippen molar-refractivity contribution in [2.75, 3.05) is 49.4 Å². The fraction of sp³-hybridized carbons (Fsp3) is 0.500. The predicted octanol–water partition coefficient (Wildman–Crippen LogP) is -4.68. The molecule has 14 heterocycles. The molecule has 4 bridgehead atoms. The van der Waals surface area contributed by atoms with Gasteiger partial charge in [0.2, 0.25) is 11.9 Å². The fourth-order valence-corrected chi connectivity index (χ4v) is 14.4. The van der Waals surface area contributed by atoms with Crippen molar-refractivity contribution in [1.82, 2.24) is 78.1 Å². The van der Waals surface area contributed by atoms with E-state index in [0.29, 0.717) is 0 Å². The number of nitrogens with zero attached hydrogens (tertiary/aromatic N) is 14. The Hall–Kier alpha value is -6.88. The number of phosphoric acid groups is 4. The van der Waals surface area contributed by atoms with E-state index in [-0.39, 0.29) is 68.2 Å². The Bertz CT molecular complexity index is 4150. The molecule has 484 valence electrons. The summed E-state index contributed by atoms with van der Waals surface area (Å²) in [6.07, 6.45) is -18.4. The molecule has 0 spiro atoms. The average Bonchev–Trinajstić information content (AvgIpc) is 1.74. The number of aromatic nitrogens is 16. The SMILES string of the molecule is Nc1nc2c(ncn2[C@@H]2O[C@@H]3COP(=O)(O)OC4[C@@H](COP(=O)(O)OC2[C@H]3O)O[C@@H](n2cnc3c(N)ncnc32)[C@H]4O)c(=O)[nH]1.Nc1nc2c(ncn2[C@@H]2O[C@@H]3COP(=O)(O)O[C@H]4[C@@H](O)[C@H](n5cnc6c(N)ncnc65)O[C@@H]4COP(=O)(O)O[C@@H]2[C@@H]3O)c(=O)[nH]1. The zero-order valence-corrected chi connectivity index (χ0v) is 48.4. The molecule has 46 nitrogen and oxygen atoms in total. The number of phosphoric ester groups is 4. The molecule has 6 aliphatic heterocycles. The summed E-state index contributed by atoms with van der Waals surface area (Å²) in [5.74, 6) is -0.500. The lowest BCUT2D eigenvalue weighted by atomic mass is 10.1. The minimum absolute atomic E-state index is 0.0343. The molecule has 50 heteroatoms. The summed E-state index contributed by atoms with van der Waals surface area (Å²) >= 11 is 0. The largest absolute Gasteiger partial charge is 0.472 e. The van der Waals surface area contributed by atoms with Gasteiger partial charge in [0.25, 0.3) is 11.1 Å². The molecule has 8 aromatic heterocycles. The number of aliphatic hydroxyl groups is 4. The summed E-state index contributed by atoms with van der Waals surface area (Å²) in [7, 11) is -20.4. The molecule has 0 saturated carbocycles. The van der Waals surface area contributed by atoms with Crippen LogP contribution in [0, 0.1) is 0 Å². The number of rotatable bonds is 4. The number of ether oxygens (including phenoxy) is 4. The lowest BCUT2D eigenvalue weighted by molar-refractivity contribution is -0.0673. The molecule has 6 aliphatic rings. The lowest BCUT2D eigenvalue weighted by Crippen LogP contribution is -2.36. The minimum atomic E-state index is -5.11. The third-order valence-electron chi connectivity index (χ3n) is 14.6. The van der Waals surface area contributed by atoms with Crippen molar-refractivity contribution < 1.29 is 113 Å². The first-order chi connectivity index (χ1) is 42.6. The molecule has 20 atom stereocenters. The first-order valence-corrected chi connectivity index (χ1v) is 31.9. The van der Waals surface area contributed by atoms with E-state index in [2.05, 4.69) is 59.8 Å². The van der Waals surface area contributed by atoms with Crippen LogP contribution in [0.4, 0.5) is 23.5 Å². The standard InChI is InChI=1S/2C20H24N10O13P2/c2*21-14-8-15(24-3-23-14)29(4-25-8)18-11(32)12-7(41-18)2-39-45(36,37)43-13-10(31)6(1-38-44(34,35)42-12)40-19(13)30-5-26-9-16(30)27-20(22)28-17(9)33/h2*3-7,10-13,18-19,31-32H,1-2H2,(H,34,35)(H,36,37)(H2,21,23,24)(H3,22,27,28,33)/t6-,7-,10+,11+,12?,13?,18-,19-;6-,7-,10-,11-,12-,13-,18-,19-/m11/s1. The summed E-state index contributed by atoms with van der Waals surface area (Å²) < 4.78 is 122. The van der Waals surface area contributed by atoms with Crippen LogP contribution in [0.1, 0.15) is 24.9 Å². The minimum Gasteiger partial charge on any atom is -0.387 e. The van der Waals surface area contributed by atoms with Gasteiger partial charge in [-0.3, -0.25) is 74.0 Å². The van der Waals surface area contributed by atoms with Crippen LogP contribution in [0.3, 0.4) is 0 Å². The Balaban J connectivity index is 0.000000165. The number of nitrogens with one attached hydrogen (secondary N) is 2. The van der Waals surface area contributed by atoms with Crippen LogP contribution < -0.4 is 34.1 Å². The predicted molar refractivity (Wildman–Crippen MR) is 287 cm³/mol. The number of nitrogen functional groups attached to an aromatic ring is 4. The van der Waals surface area contributed by atoms with Crippen LogP contribution in [0.2, 0.25) is 0 Å². The number of aromatic amines is 2. The van der Waals surface area contributed by atoms with Crippen molar-refractivity contribution in [3.8, 4) is 0 Å². The Labute approximate surface area is 496 Å². The van der Waals surface area contributed by atoms with Gasteiger partial charge >= 0.3 is 31.3 Å². The first kappa shape index (κ1) is 62.0. The monoisotopic (exact) mass is 1350 g/mol. The molecule has 6 saturated heterocycles. The summed E-state index contributed by atoms with van der Waals surface area (Å²) in [5.41, 5.74) is 21.6. The number of nitrogens with two attached hydrogens (primary N) is 4. The number of fused-ring (bicyclic) bond motifs is 10. The molecule has 8 aromatic rings. The molecule has 0 radical (unpaired) electrons. The van der Waals surface area contributed by atoms with Gasteiger partial charge in [-0.2, -0.15) is 9.97 Å². The number of H-pyrrole nitrogens is 2. The van der Waals surface area contributed by atoms with Crippen molar-refractivity contribution in [1.29, 1.82) is 0 Å². The van der Waals surface area contributed by atoms with Crippen molar-refractivity contribution in [3.05, 3.63) is 58.7 Å². The van der Waals surface area contributed by atoms with Crippen molar-refractivity contribution in [2.45, 2.75) is 98.2 Å². The van der Waals surface area contributed by atoms with Crippen LogP contribution in [0.5, 0.6) is 0 Å². The van der Waals surface area contributed by atoms with E-state index in [1.807, 2.05) is 0 Å². The maximum Gasteiger partial charge on any atom is 0.472 e. The van der Waals surface area contributed by atoms with Gasteiger partial charge in [-0.15, -0.1) is 0 Å². The Kier molecular flexibility index (Phi) is 15.9. The van der Waals surface area contributed by atoms with Gasteiger partial charge in [-0.05, 0) is 0 Å². The highest BCUT2D eigenvalue weighted by molar-refractivity contribution is 7.48. The molecule has 14 rings (SSSR count). The molecule has 90 heavy (non-hydrogen) atoms. The molecule has 6 fully saturated rings. The van der Waals surface area contributed by atoms with Gasteiger partial charge in [-0.1, -0.05) is 0 Å². The van der Waals surface area contributed by atoms with Crippen molar-refractivity contribution in [3.63, 3.8) is 0 Å². The van der Waals surface area contributed by atoms with E-state index >= 15 is 0 Å². The zero-order chi connectivity index (χ0) is 63.7. The third kappa shape index (κ3) is 11.5. The highest BCUT2D eigenvalue weighted by Gasteiger charge is 2.56. The Morgan fingerprint density at radius 2 is 0.722 bits per heavy atom. The summed E-state index contributed by atoms with van der Waals surface area (Å²) in [6.45, 7) is -3.31. The Morgan fingerprint density at radius 1 is 0.411 bits per heavy atom. The summed E-state index contributed by atoms with van der Waals surface area (Å²) in [6, 6.07) is 0. The van der Waals surface area contributed by atoms with Crippen LogP contribution in [-0.4, -0.2) is 218 Å². The second kappa shape index (κ2) is 23.0. The molecule has 0 aliphatic carbocycles. The highest BCUT2D eigenvalue weighted by Crippen LogP contribution is 2.56. The number of imidazole rings is 4. The average molecular weight is 1350 g/mol. The highest BCUT2D eigenvalue weighted by atomic mass is 31.2. The smallest absolute Gasteiger partial charge is 0.387 e. The molecule has 0 amide bonds. The van der Waals surface area contributed by atoms with Crippen LogP contribution in [0.15, 0.2) is 47.6 Å². The molecule has 6 unspecified atom stereocenters. The quantitative estimate of drug-likeness (QED) is 0.0737. The molecule has 0 aromatic carbocycles. The second-order valence-corrected chi connectivity index (χ2v) is 25.9. The number of hydrogen-bond donors (Lipinski definition) is 14. The topological polar surface area (TPSA) is 659 Å². The fourth-order valence-electron chi connectivity index (χ4n) is 10.6. The number of anilines is 4. The van der Waals surface area contributed by atoms with Gasteiger partial charge in [0.15, 0.2) is 70.2 Å². The molecule has 18 N–H and O–H groups in total. The van der Waals surface area contributed by atoms with E-state index < -0.39 is 167 Å². The van der Waals surface area contributed by atoms with E-state index in [1.54, 1.807) is 0 Å². The molecular weight excluding hydrogens is 1300 g/mol. The number of hydrogen-bond acceptors (Lipinski definition) is 36. The normalized spacial score (nSPS) is 37.7. The first-order valence-electron chi connectivity index (χ1n) is 25.9. The number of aliphatic hydroxyl groups excluding tert-OH is 4. The van der Waals surface area contributed by atoms with Crippen LogP contribution >= 0.6 is 31.3 Å². The van der Waals surface area contributed by atoms with Crippen LogP contribution in [0.25, 0.3) is 44.7 Å². The van der Waals surface area contributed by atoms with Gasteiger partial charge in [0, 0.05) is 0 Å². The third-order valence-corrected chi connectivity index (χ3v) is 18.6. The van der Waals surface area contributed by atoms with Gasteiger partial charge < -0.3 is 81.9 Å². The van der Waals surface area contributed by atoms with Crippen molar-refractivity contribution >= 4 is 99.5 Å².